The van der Waals surface area contributed by atoms with Crippen molar-refractivity contribution in [3.63, 3.8) is 0 Å². The van der Waals surface area contributed by atoms with Gasteiger partial charge in [-0.25, -0.2) is 0 Å². The van der Waals surface area contributed by atoms with Gasteiger partial charge >= 0.3 is 0 Å². The van der Waals surface area contributed by atoms with E-state index in [9.17, 15) is 5.11 Å². The van der Waals surface area contributed by atoms with Crippen molar-refractivity contribution in [3.05, 3.63) is 46.5 Å². The number of hydrogen-bond acceptors (Lipinski definition) is 7. The van der Waals surface area contributed by atoms with Crippen molar-refractivity contribution in [1.29, 1.82) is 0 Å². The van der Waals surface area contributed by atoms with Crippen LogP contribution in [0.1, 0.15) is 43.0 Å². The van der Waals surface area contributed by atoms with E-state index < -0.39 is 6.10 Å². The van der Waals surface area contributed by atoms with E-state index in [1.807, 2.05) is 65.8 Å². The number of rotatable bonds is 9. The molecule has 2 N–H and O–H groups in total. The molecule has 0 fully saturated rings. The van der Waals surface area contributed by atoms with Gasteiger partial charge in [0.05, 0.1) is 12.7 Å². The van der Waals surface area contributed by atoms with Crippen molar-refractivity contribution >= 4 is 0 Å². The topological polar surface area (TPSA) is 97.8 Å². The minimum absolute atomic E-state index is 0.0330. The van der Waals surface area contributed by atoms with E-state index in [2.05, 4.69) is 10.1 Å². The van der Waals surface area contributed by atoms with Crippen molar-refractivity contribution in [1.82, 2.24) is 10.1 Å². The van der Waals surface area contributed by atoms with Gasteiger partial charge in [0.1, 0.15) is 24.2 Å². The number of aromatic nitrogens is 2. The Kier molecular flexibility index (Phi) is 7.53. The van der Waals surface area contributed by atoms with Crippen LogP contribution in [0.4, 0.5) is 0 Å². The minimum Gasteiger partial charge on any atom is -0.490 e. The average molecular weight is 441 g/mol. The Labute approximate surface area is 189 Å². The van der Waals surface area contributed by atoms with Gasteiger partial charge in [-0.2, -0.15) is 4.98 Å². The maximum absolute atomic E-state index is 9.60. The number of aliphatic hydroxyl groups excluding tert-OH is 2. The van der Waals surface area contributed by atoms with Gasteiger partial charge in [0, 0.05) is 11.1 Å². The third kappa shape index (κ3) is 5.29. The predicted octanol–water partition coefficient (Wildman–Crippen LogP) is 4.41. The SMILES string of the molecule is CCc1cc(-c2noc(-c3cc(C)c(OC(C)C)c(C)c3)n2)cc(C)c1OCC(O)CO. The monoisotopic (exact) mass is 440 g/mol. The van der Waals surface area contributed by atoms with E-state index in [0.29, 0.717) is 17.5 Å². The zero-order chi connectivity index (χ0) is 23.4. The number of aryl methyl sites for hydroxylation is 4. The van der Waals surface area contributed by atoms with E-state index in [1.165, 1.54) is 0 Å². The molecule has 1 aromatic heterocycles. The first-order chi connectivity index (χ1) is 15.2. The molecule has 0 amide bonds. The molecule has 0 saturated carbocycles. The Morgan fingerprint density at radius 1 is 0.969 bits per heavy atom. The highest BCUT2D eigenvalue weighted by Gasteiger charge is 2.17. The van der Waals surface area contributed by atoms with Gasteiger partial charge in [-0.3, -0.25) is 0 Å². The molecule has 3 aromatic rings. The highest BCUT2D eigenvalue weighted by molar-refractivity contribution is 5.65. The molecule has 0 aliphatic rings. The molecule has 2 aromatic carbocycles. The fourth-order valence-corrected chi connectivity index (χ4v) is 3.63. The van der Waals surface area contributed by atoms with Crippen molar-refractivity contribution in [3.8, 4) is 34.3 Å². The lowest BCUT2D eigenvalue weighted by molar-refractivity contribution is 0.0531. The molecule has 1 heterocycles. The van der Waals surface area contributed by atoms with Gasteiger partial charge in [-0.05, 0) is 87.6 Å². The Balaban J connectivity index is 1.90. The van der Waals surface area contributed by atoms with E-state index in [0.717, 1.165) is 45.6 Å². The molecule has 7 heteroatoms. The van der Waals surface area contributed by atoms with Crippen molar-refractivity contribution < 1.29 is 24.2 Å². The molecule has 3 rings (SSSR count). The molecule has 1 atom stereocenters. The number of hydrogen-bond donors (Lipinski definition) is 2. The van der Waals surface area contributed by atoms with Crippen LogP contribution in [0.25, 0.3) is 22.8 Å². The summed E-state index contributed by atoms with van der Waals surface area (Å²) in [4.78, 5) is 4.62. The summed E-state index contributed by atoms with van der Waals surface area (Å²) >= 11 is 0. The third-order valence-corrected chi connectivity index (χ3v) is 5.11. The minimum atomic E-state index is -0.914. The first kappa shape index (κ1) is 23.8. The van der Waals surface area contributed by atoms with Crippen molar-refractivity contribution in [2.75, 3.05) is 13.2 Å². The van der Waals surface area contributed by atoms with E-state index in [1.54, 1.807) is 0 Å². The lowest BCUT2D eigenvalue weighted by atomic mass is 10.0. The maximum atomic E-state index is 9.60. The largest absolute Gasteiger partial charge is 0.490 e. The summed E-state index contributed by atoms with van der Waals surface area (Å²) in [5.41, 5.74) is 5.59. The summed E-state index contributed by atoms with van der Waals surface area (Å²) in [5, 5.41) is 22.8. The Bertz CT molecular complexity index is 1050. The van der Waals surface area contributed by atoms with Gasteiger partial charge < -0.3 is 24.2 Å². The van der Waals surface area contributed by atoms with Crippen LogP contribution in [-0.4, -0.2) is 45.8 Å². The molecule has 1 unspecified atom stereocenters. The average Bonchev–Trinajstić information content (AvgIpc) is 3.24. The van der Waals surface area contributed by atoms with Gasteiger partial charge in [0.25, 0.3) is 5.89 Å². The Hall–Kier alpha value is -2.90. The summed E-state index contributed by atoms with van der Waals surface area (Å²) in [7, 11) is 0. The van der Waals surface area contributed by atoms with Crippen LogP contribution in [0.15, 0.2) is 28.8 Å². The van der Waals surface area contributed by atoms with Gasteiger partial charge in [-0.1, -0.05) is 12.1 Å². The molecule has 0 bridgehead atoms. The van der Waals surface area contributed by atoms with Crippen LogP contribution in [0.5, 0.6) is 11.5 Å². The molecule has 32 heavy (non-hydrogen) atoms. The number of aliphatic hydroxyl groups is 2. The third-order valence-electron chi connectivity index (χ3n) is 5.11. The highest BCUT2D eigenvalue weighted by Crippen LogP contribution is 2.33. The fraction of sp³-hybridized carbons (Fsp3) is 0.440. The second-order valence-corrected chi connectivity index (χ2v) is 8.31. The van der Waals surface area contributed by atoms with Crippen LogP contribution >= 0.6 is 0 Å². The quantitative estimate of drug-likeness (QED) is 0.508. The molecule has 0 radical (unpaired) electrons. The lowest BCUT2D eigenvalue weighted by Gasteiger charge is -2.16. The Morgan fingerprint density at radius 2 is 1.59 bits per heavy atom. The number of ether oxygens (including phenoxy) is 2. The normalized spacial score (nSPS) is 12.3. The molecule has 0 saturated heterocycles. The molecule has 0 aliphatic carbocycles. The zero-order valence-electron chi connectivity index (χ0n) is 19.6. The summed E-state index contributed by atoms with van der Waals surface area (Å²) in [6.07, 6.45) is -0.0782. The van der Waals surface area contributed by atoms with Crippen LogP contribution in [0.2, 0.25) is 0 Å². The summed E-state index contributed by atoms with van der Waals surface area (Å²) in [6, 6.07) is 7.89. The molecule has 172 valence electrons. The van der Waals surface area contributed by atoms with Crippen LogP contribution < -0.4 is 9.47 Å². The fourth-order valence-electron chi connectivity index (χ4n) is 3.63. The highest BCUT2D eigenvalue weighted by atomic mass is 16.5. The second-order valence-electron chi connectivity index (χ2n) is 8.31. The maximum Gasteiger partial charge on any atom is 0.258 e. The molecule has 0 aliphatic heterocycles. The second kappa shape index (κ2) is 10.1. The number of nitrogens with zero attached hydrogens (tertiary/aromatic N) is 2. The summed E-state index contributed by atoms with van der Waals surface area (Å²) in [6.45, 7) is 11.7. The lowest BCUT2D eigenvalue weighted by Crippen LogP contribution is -2.22. The molecular formula is C25H32N2O5. The van der Waals surface area contributed by atoms with E-state index in [4.69, 9.17) is 19.1 Å². The van der Waals surface area contributed by atoms with Crippen molar-refractivity contribution in [2.45, 2.75) is 60.2 Å². The van der Waals surface area contributed by atoms with Crippen molar-refractivity contribution in [2.24, 2.45) is 0 Å². The summed E-state index contributed by atoms with van der Waals surface area (Å²) < 4.78 is 17.3. The standard InChI is InChI=1S/C25H32N2O5/c1-7-18-11-19(8-17(6)23(18)30-13-21(29)12-28)24-26-25(32-27-24)20-9-15(4)22(16(5)10-20)31-14(2)3/h8-11,14,21,28-29H,7,12-13H2,1-6H3. The molecule has 0 spiro atoms. The van der Waals surface area contributed by atoms with Crippen LogP contribution in [-0.2, 0) is 6.42 Å². The first-order valence-electron chi connectivity index (χ1n) is 10.9. The first-order valence-corrected chi connectivity index (χ1v) is 10.9. The van der Waals surface area contributed by atoms with E-state index >= 15 is 0 Å². The zero-order valence-corrected chi connectivity index (χ0v) is 19.6. The molecule has 7 nitrogen and oxygen atoms in total. The van der Waals surface area contributed by atoms with Crippen LogP contribution in [0, 0.1) is 20.8 Å². The molecular weight excluding hydrogens is 408 g/mol. The van der Waals surface area contributed by atoms with Gasteiger partial charge in [0.15, 0.2) is 0 Å². The predicted molar refractivity (Wildman–Crippen MR) is 123 cm³/mol. The van der Waals surface area contributed by atoms with Gasteiger partial charge in [0.2, 0.25) is 5.82 Å². The van der Waals surface area contributed by atoms with Crippen LogP contribution in [0.3, 0.4) is 0 Å². The Morgan fingerprint density at radius 3 is 2.19 bits per heavy atom. The smallest absolute Gasteiger partial charge is 0.258 e. The number of benzene rings is 2. The van der Waals surface area contributed by atoms with E-state index in [-0.39, 0.29) is 19.3 Å². The summed E-state index contributed by atoms with van der Waals surface area (Å²) in [5.74, 6) is 2.54. The van der Waals surface area contributed by atoms with Gasteiger partial charge in [-0.15, -0.1) is 0 Å².